The molecular formula is C28H27N5O3. The van der Waals surface area contributed by atoms with Gasteiger partial charge in [0.25, 0.3) is 0 Å². The lowest BCUT2D eigenvalue weighted by molar-refractivity contribution is 0.178. The molecule has 4 aromatic rings. The Kier molecular flexibility index (Phi) is 6.75. The normalized spacial score (nSPS) is 15.9. The summed E-state index contributed by atoms with van der Waals surface area (Å²) in [6.07, 6.45) is 0.197. The van der Waals surface area contributed by atoms with E-state index in [0.29, 0.717) is 18.2 Å². The number of hydrogen-bond acceptors (Lipinski definition) is 7. The predicted molar refractivity (Wildman–Crippen MR) is 137 cm³/mol. The van der Waals surface area contributed by atoms with Crippen LogP contribution < -0.4 is 15.0 Å². The Labute approximate surface area is 210 Å². The minimum absolute atomic E-state index is 0.0870. The zero-order valence-electron chi connectivity index (χ0n) is 20.2. The molecule has 1 fully saturated rings. The van der Waals surface area contributed by atoms with Crippen LogP contribution in [0.3, 0.4) is 0 Å². The number of amides is 1. The zero-order valence-corrected chi connectivity index (χ0v) is 20.2. The molecule has 0 saturated carbocycles. The summed E-state index contributed by atoms with van der Waals surface area (Å²) in [5, 5.41) is 3.33. The lowest BCUT2D eigenvalue weighted by Gasteiger charge is -2.21. The predicted octanol–water partition coefficient (Wildman–Crippen LogP) is 5.71. The first-order valence-corrected chi connectivity index (χ1v) is 11.9. The number of nitrogens with zero attached hydrogens (tertiary/aromatic N) is 4. The van der Waals surface area contributed by atoms with Crippen molar-refractivity contribution in [1.29, 1.82) is 0 Å². The van der Waals surface area contributed by atoms with Gasteiger partial charge >= 0.3 is 6.09 Å². The van der Waals surface area contributed by atoms with Crippen molar-refractivity contribution in [2.45, 2.75) is 32.4 Å². The van der Waals surface area contributed by atoms with Gasteiger partial charge in [-0.25, -0.2) is 9.69 Å². The number of para-hydroxylation sites is 1. The highest BCUT2D eigenvalue weighted by atomic mass is 16.6. The van der Waals surface area contributed by atoms with E-state index in [1.807, 2.05) is 91.9 Å². The average molecular weight is 482 g/mol. The summed E-state index contributed by atoms with van der Waals surface area (Å²) < 4.78 is 11.2. The average Bonchev–Trinajstić information content (AvgIpc) is 3.25. The lowest BCUT2D eigenvalue weighted by atomic mass is 10.1. The Morgan fingerprint density at radius 2 is 1.61 bits per heavy atom. The molecule has 36 heavy (non-hydrogen) atoms. The van der Waals surface area contributed by atoms with E-state index in [1.54, 1.807) is 6.92 Å². The maximum Gasteiger partial charge on any atom is 0.417 e. The van der Waals surface area contributed by atoms with Gasteiger partial charge in [-0.05, 0) is 55.7 Å². The third-order valence-corrected chi connectivity index (χ3v) is 5.93. The Balaban J connectivity index is 1.30. The molecule has 1 N–H and O–H groups in total. The number of aryl methyl sites for hydroxylation is 1. The Hall–Kier alpha value is -4.46. The molecule has 8 heteroatoms. The SMILES string of the molecule is Cc1nc(N[C@@H](C)c2ccc(Oc3ccccc3)cc2)nc(N2C(=O)OC[C@@H]2Cc2ccccc2)n1. The molecule has 0 aliphatic carbocycles. The number of carbonyl (C=O) groups is 1. The second-order valence-corrected chi connectivity index (χ2v) is 8.65. The van der Waals surface area contributed by atoms with Crippen LogP contribution in [0.1, 0.15) is 29.9 Å². The highest BCUT2D eigenvalue weighted by Crippen LogP contribution is 2.26. The number of nitrogens with one attached hydrogen (secondary N) is 1. The smallest absolute Gasteiger partial charge is 0.417 e. The fourth-order valence-corrected chi connectivity index (χ4v) is 4.11. The van der Waals surface area contributed by atoms with Gasteiger partial charge in [-0.1, -0.05) is 60.7 Å². The highest BCUT2D eigenvalue weighted by molar-refractivity contribution is 5.88. The quantitative estimate of drug-likeness (QED) is 0.345. The van der Waals surface area contributed by atoms with Crippen LogP contribution in [-0.4, -0.2) is 33.7 Å². The number of aromatic nitrogens is 3. The summed E-state index contributed by atoms with van der Waals surface area (Å²) in [5.74, 6) is 2.74. The Morgan fingerprint density at radius 3 is 2.33 bits per heavy atom. The summed E-state index contributed by atoms with van der Waals surface area (Å²) in [6.45, 7) is 4.09. The van der Waals surface area contributed by atoms with Crippen molar-refractivity contribution in [3.8, 4) is 11.5 Å². The first-order chi connectivity index (χ1) is 17.5. The number of cyclic esters (lactones) is 1. The van der Waals surface area contributed by atoms with Crippen LogP contribution in [0.5, 0.6) is 11.5 Å². The van der Waals surface area contributed by atoms with Gasteiger partial charge in [-0.3, -0.25) is 0 Å². The maximum absolute atomic E-state index is 12.6. The van der Waals surface area contributed by atoms with Crippen LogP contribution in [0, 0.1) is 6.92 Å². The zero-order chi connectivity index (χ0) is 24.9. The molecule has 2 atom stereocenters. The molecule has 1 aromatic heterocycles. The molecule has 0 radical (unpaired) electrons. The van der Waals surface area contributed by atoms with Gasteiger partial charge in [-0.2, -0.15) is 15.0 Å². The van der Waals surface area contributed by atoms with Gasteiger partial charge in [0.1, 0.15) is 23.9 Å². The fraction of sp³-hybridized carbons (Fsp3) is 0.214. The molecule has 5 rings (SSSR count). The number of ether oxygens (including phenoxy) is 2. The molecule has 0 unspecified atom stereocenters. The van der Waals surface area contributed by atoms with Gasteiger partial charge in [0.2, 0.25) is 11.9 Å². The second-order valence-electron chi connectivity index (χ2n) is 8.65. The molecule has 3 aromatic carbocycles. The number of benzene rings is 3. The van der Waals surface area contributed by atoms with Gasteiger partial charge in [0, 0.05) is 0 Å². The molecular weight excluding hydrogens is 454 g/mol. The molecule has 1 aliphatic heterocycles. The lowest BCUT2D eigenvalue weighted by Crippen LogP contribution is -2.36. The van der Waals surface area contributed by atoms with Crippen molar-refractivity contribution in [2.24, 2.45) is 0 Å². The summed E-state index contributed by atoms with van der Waals surface area (Å²) in [4.78, 5) is 27.5. The van der Waals surface area contributed by atoms with E-state index in [4.69, 9.17) is 9.47 Å². The molecule has 182 valence electrons. The molecule has 2 heterocycles. The topological polar surface area (TPSA) is 89.5 Å². The summed E-state index contributed by atoms with van der Waals surface area (Å²) in [6, 6.07) is 27.2. The minimum atomic E-state index is -0.450. The maximum atomic E-state index is 12.6. The molecule has 0 spiro atoms. The monoisotopic (exact) mass is 481 g/mol. The van der Waals surface area contributed by atoms with Gasteiger partial charge in [0.05, 0.1) is 12.1 Å². The third kappa shape index (κ3) is 5.43. The minimum Gasteiger partial charge on any atom is -0.457 e. The van der Waals surface area contributed by atoms with E-state index < -0.39 is 6.09 Å². The largest absolute Gasteiger partial charge is 0.457 e. The molecule has 8 nitrogen and oxygen atoms in total. The van der Waals surface area contributed by atoms with Crippen LogP contribution in [0.4, 0.5) is 16.7 Å². The third-order valence-electron chi connectivity index (χ3n) is 5.93. The van der Waals surface area contributed by atoms with E-state index in [-0.39, 0.29) is 24.6 Å². The van der Waals surface area contributed by atoms with Crippen LogP contribution in [0.15, 0.2) is 84.9 Å². The van der Waals surface area contributed by atoms with E-state index in [0.717, 1.165) is 22.6 Å². The van der Waals surface area contributed by atoms with Crippen LogP contribution in [-0.2, 0) is 11.2 Å². The Morgan fingerprint density at radius 1 is 0.944 bits per heavy atom. The summed E-state index contributed by atoms with van der Waals surface area (Å²) >= 11 is 0. The second kappa shape index (κ2) is 10.4. The van der Waals surface area contributed by atoms with Gasteiger partial charge in [-0.15, -0.1) is 0 Å². The van der Waals surface area contributed by atoms with E-state index in [2.05, 4.69) is 20.3 Å². The molecule has 0 bridgehead atoms. The van der Waals surface area contributed by atoms with Crippen molar-refractivity contribution in [2.75, 3.05) is 16.8 Å². The van der Waals surface area contributed by atoms with Gasteiger partial charge in [0.15, 0.2) is 0 Å². The number of hydrogen-bond donors (Lipinski definition) is 1. The van der Waals surface area contributed by atoms with Crippen molar-refractivity contribution < 1.29 is 14.3 Å². The van der Waals surface area contributed by atoms with Crippen molar-refractivity contribution in [3.05, 3.63) is 102 Å². The van der Waals surface area contributed by atoms with Crippen molar-refractivity contribution in [3.63, 3.8) is 0 Å². The standard InChI is InChI=1S/C28H27N5O3/c1-19(22-13-15-25(16-14-22)36-24-11-7-4-8-12-24)29-26-30-20(2)31-27(32-26)33-23(18-35-28(33)34)17-21-9-5-3-6-10-21/h3-16,19,23H,17-18H2,1-2H3,(H,29,30,31,32)/t19-,23-/m0/s1. The van der Waals surface area contributed by atoms with Crippen LogP contribution in [0.2, 0.25) is 0 Å². The van der Waals surface area contributed by atoms with Crippen molar-refractivity contribution >= 4 is 18.0 Å². The van der Waals surface area contributed by atoms with E-state index >= 15 is 0 Å². The van der Waals surface area contributed by atoms with E-state index in [9.17, 15) is 4.79 Å². The summed E-state index contributed by atoms with van der Waals surface area (Å²) in [5.41, 5.74) is 2.15. The van der Waals surface area contributed by atoms with Crippen LogP contribution in [0.25, 0.3) is 0 Å². The van der Waals surface area contributed by atoms with Crippen molar-refractivity contribution in [1.82, 2.24) is 15.0 Å². The first kappa shape index (κ1) is 23.3. The Bertz CT molecular complexity index is 1320. The fourth-order valence-electron chi connectivity index (χ4n) is 4.11. The number of rotatable bonds is 8. The molecule has 1 aliphatic rings. The summed E-state index contributed by atoms with van der Waals surface area (Å²) in [7, 11) is 0. The first-order valence-electron chi connectivity index (χ1n) is 11.9. The highest BCUT2D eigenvalue weighted by Gasteiger charge is 2.36. The number of carbonyl (C=O) groups excluding carboxylic acids is 1. The van der Waals surface area contributed by atoms with Crippen LogP contribution >= 0.6 is 0 Å². The number of anilines is 2. The molecule has 1 amide bonds. The van der Waals surface area contributed by atoms with E-state index in [1.165, 1.54) is 4.90 Å². The van der Waals surface area contributed by atoms with Gasteiger partial charge < -0.3 is 14.8 Å². The molecule has 1 saturated heterocycles.